The fourth-order valence-electron chi connectivity index (χ4n) is 2.17. The second kappa shape index (κ2) is 5.95. The molecule has 0 unspecified atom stereocenters. The van der Waals surface area contributed by atoms with Gasteiger partial charge in [-0.3, -0.25) is 4.79 Å². The Morgan fingerprint density at radius 1 is 1.05 bits per heavy atom. The number of rotatable bonds is 4. The fraction of sp³-hybridized carbons (Fsp3) is 0. The van der Waals surface area contributed by atoms with Crippen LogP contribution in [0.15, 0.2) is 60.7 Å². The number of hydrogen-bond donors (Lipinski definition) is 0. The molecule has 6 nitrogen and oxygen atoms in total. The van der Waals surface area contributed by atoms with Crippen LogP contribution >= 0.6 is 0 Å². The number of aromatic nitrogens is 3. The zero-order chi connectivity index (χ0) is 15.4. The quantitative estimate of drug-likeness (QED) is 0.320. The second-order valence-corrected chi connectivity index (χ2v) is 4.51. The van der Waals surface area contributed by atoms with Crippen LogP contribution in [0.5, 0.6) is 0 Å². The maximum Gasteiger partial charge on any atom is 0.329 e. The Kier molecular flexibility index (Phi) is 3.68. The molecule has 1 heterocycles. The van der Waals surface area contributed by atoms with Gasteiger partial charge in [0.25, 0.3) is 5.78 Å². The van der Waals surface area contributed by atoms with E-state index >= 15 is 0 Å². The summed E-state index contributed by atoms with van der Waals surface area (Å²) in [7, 11) is 0. The first-order chi connectivity index (χ1) is 10.8. The summed E-state index contributed by atoms with van der Waals surface area (Å²) in [5.74, 6) is -0.511. The van der Waals surface area contributed by atoms with Gasteiger partial charge in [0.05, 0.1) is 5.69 Å². The number of Topliss-reactive ketones (excluding diaryl/α,β-unsaturated/α-hetero) is 1. The molecule has 1 aromatic heterocycles. The van der Waals surface area contributed by atoms with Crippen LogP contribution in [0.25, 0.3) is 22.5 Å². The van der Waals surface area contributed by atoms with Gasteiger partial charge in [0.2, 0.25) is 0 Å². The first-order valence-electron chi connectivity index (χ1n) is 6.59. The summed E-state index contributed by atoms with van der Waals surface area (Å²) in [6, 6.07) is 18.7. The van der Waals surface area contributed by atoms with Crippen LogP contribution in [-0.2, 0) is 0 Å². The van der Waals surface area contributed by atoms with E-state index in [4.69, 9.17) is 5.53 Å². The van der Waals surface area contributed by atoms with Gasteiger partial charge >= 0.3 is 6.21 Å². The first kappa shape index (κ1) is 13.6. The summed E-state index contributed by atoms with van der Waals surface area (Å²) in [4.78, 5) is 14.8. The van der Waals surface area contributed by atoms with Crippen molar-refractivity contribution in [3.05, 3.63) is 71.9 Å². The number of carbonyl (C=O) groups is 1. The Hall–Kier alpha value is -3.37. The summed E-state index contributed by atoms with van der Waals surface area (Å²) in [6.45, 7) is 0. The van der Waals surface area contributed by atoms with Crippen LogP contribution < -0.4 is 0 Å². The van der Waals surface area contributed by atoms with Crippen molar-refractivity contribution in [1.82, 2.24) is 15.0 Å². The molecule has 2 aromatic carbocycles. The molecule has 0 fully saturated rings. The van der Waals surface area contributed by atoms with Crippen molar-refractivity contribution in [1.29, 1.82) is 0 Å². The molecule has 0 N–H and O–H groups in total. The Morgan fingerprint density at radius 3 is 2.32 bits per heavy atom. The van der Waals surface area contributed by atoms with Crippen LogP contribution in [0.3, 0.4) is 0 Å². The molecule has 0 spiro atoms. The minimum atomic E-state index is -0.511. The van der Waals surface area contributed by atoms with Gasteiger partial charge in [0, 0.05) is 5.56 Å². The number of benzene rings is 2. The molecular formula is C16H11N5O. The van der Waals surface area contributed by atoms with Crippen molar-refractivity contribution < 1.29 is 9.58 Å². The monoisotopic (exact) mass is 289 g/mol. The largest absolute Gasteiger partial charge is 0.361 e. The number of carbonyl (C=O) groups excluding carboxylic acids is 1. The van der Waals surface area contributed by atoms with Crippen molar-refractivity contribution >= 4 is 12.0 Å². The molecule has 0 saturated carbocycles. The summed E-state index contributed by atoms with van der Waals surface area (Å²) in [5.41, 5.74) is 10.8. The Balaban J connectivity index is 2.24. The molecule has 0 atom stereocenters. The van der Waals surface area contributed by atoms with Crippen molar-refractivity contribution in [2.45, 2.75) is 0 Å². The van der Waals surface area contributed by atoms with Gasteiger partial charge in [-0.1, -0.05) is 53.7 Å². The lowest BCUT2D eigenvalue weighted by Crippen LogP contribution is -2.05. The molecule has 0 saturated heterocycles. The van der Waals surface area contributed by atoms with Gasteiger partial charge in [0.15, 0.2) is 5.69 Å². The molecule has 3 rings (SSSR count). The molecule has 0 aliphatic carbocycles. The Bertz CT molecular complexity index is 849. The van der Waals surface area contributed by atoms with E-state index in [9.17, 15) is 4.79 Å². The summed E-state index contributed by atoms with van der Waals surface area (Å²) >= 11 is 0. The van der Waals surface area contributed by atoms with Crippen LogP contribution in [-0.4, -0.2) is 31.8 Å². The summed E-state index contributed by atoms with van der Waals surface area (Å²) in [6.07, 6.45) is 0.811. The smallest absolute Gasteiger partial charge is 0.329 e. The minimum Gasteiger partial charge on any atom is -0.361 e. The van der Waals surface area contributed by atoms with E-state index in [1.807, 2.05) is 60.7 Å². The van der Waals surface area contributed by atoms with E-state index in [-0.39, 0.29) is 5.69 Å². The van der Waals surface area contributed by atoms with Crippen LogP contribution in [0.1, 0.15) is 10.5 Å². The molecule has 22 heavy (non-hydrogen) atoms. The number of hydrogen-bond acceptors (Lipinski definition) is 3. The lowest BCUT2D eigenvalue weighted by atomic mass is 10.1. The molecule has 6 heteroatoms. The fourth-order valence-corrected chi connectivity index (χ4v) is 2.17. The van der Waals surface area contributed by atoms with Crippen molar-refractivity contribution in [2.75, 3.05) is 0 Å². The SMILES string of the molecule is [N-]=[N+]=CC(=O)c1nnn(-c2ccccc2)c1-c1ccccc1. The minimum absolute atomic E-state index is 0.132. The maximum atomic E-state index is 12.1. The molecular weight excluding hydrogens is 278 g/mol. The molecule has 3 aromatic rings. The Morgan fingerprint density at radius 2 is 1.68 bits per heavy atom. The van der Waals surface area contributed by atoms with Gasteiger partial charge in [-0.15, -0.1) is 5.10 Å². The van der Waals surface area contributed by atoms with Crippen molar-refractivity contribution in [3.8, 4) is 16.9 Å². The van der Waals surface area contributed by atoms with Gasteiger partial charge < -0.3 is 5.53 Å². The van der Waals surface area contributed by atoms with Gasteiger partial charge in [-0.05, 0) is 12.1 Å². The molecule has 0 amide bonds. The zero-order valence-electron chi connectivity index (χ0n) is 11.5. The predicted molar refractivity (Wildman–Crippen MR) is 80.8 cm³/mol. The summed E-state index contributed by atoms with van der Waals surface area (Å²) < 4.78 is 1.59. The van der Waals surface area contributed by atoms with Crippen LogP contribution in [0, 0.1) is 0 Å². The number of nitrogens with zero attached hydrogens (tertiary/aromatic N) is 5. The average Bonchev–Trinajstić information content (AvgIpc) is 3.02. The molecule has 106 valence electrons. The van der Waals surface area contributed by atoms with Crippen molar-refractivity contribution in [3.63, 3.8) is 0 Å². The highest BCUT2D eigenvalue weighted by Gasteiger charge is 2.22. The lowest BCUT2D eigenvalue weighted by Gasteiger charge is -2.06. The van der Waals surface area contributed by atoms with Crippen LogP contribution in [0.4, 0.5) is 0 Å². The normalized spacial score (nSPS) is 10.0. The molecule has 0 radical (unpaired) electrons. The first-order valence-corrected chi connectivity index (χ1v) is 6.59. The maximum absolute atomic E-state index is 12.1. The summed E-state index contributed by atoms with van der Waals surface area (Å²) in [5, 5.41) is 8.02. The standard InChI is InChI=1S/C16H11N5O/c17-18-11-14(22)15-16(12-7-3-1-4-8-12)21(20-19-15)13-9-5-2-6-10-13/h1-11H. The third kappa shape index (κ3) is 2.46. The lowest BCUT2D eigenvalue weighted by molar-refractivity contribution is 0.00230. The van der Waals surface area contributed by atoms with Gasteiger partial charge in [0.1, 0.15) is 5.69 Å². The Labute approximate surface area is 126 Å². The highest BCUT2D eigenvalue weighted by Crippen LogP contribution is 2.25. The number of para-hydroxylation sites is 1. The third-order valence-electron chi connectivity index (χ3n) is 3.13. The van der Waals surface area contributed by atoms with Crippen molar-refractivity contribution in [2.24, 2.45) is 0 Å². The van der Waals surface area contributed by atoms with E-state index in [0.29, 0.717) is 5.69 Å². The molecule has 0 aliphatic heterocycles. The van der Waals surface area contributed by atoms with E-state index in [1.54, 1.807) is 4.68 Å². The highest BCUT2D eigenvalue weighted by atomic mass is 16.1. The van der Waals surface area contributed by atoms with E-state index in [2.05, 4.69) is 15.1 Å². The van der Waals surface area contributed by atoms with Gasteiger partial charge in [-0.2, -0.15) is 4.79 Å². The molecule has 0 aliphatic rings. The topological polar surface area (TPSA) is 84.2 Å². The van der Waals surface area contributed by atoms with Crippen LogP contribution in [0.2, 0.25) is 0 Å². The van der Waals surface area contributed by atoms with Gasteiger partial charge in [-0.25, -0.2) is 4.68 Å². The van der Waals surface area contributed by atoms with E-state index in [0.717, 1.165) is 17.5 Å². The zero-order valence-corrected chi connectivity index (χ0v) is 11.5. The van der Waals surface area contributed by atoms with E-state index in [1.165, 1.54) is 0 Å². The van der Waals surface area contributed by atoms with E-state index < -0.39 is 5.78 Å². The second-order valence-electron chi connectivity index (χ2n) is 4.51. The third-order valence-corrected chi connectivity index (χ3v) is 3.13. The predicted octanol–water partition coefficient (Wildman–Crippen LogP) is 2.42. The average molecular weight is 289 g/mol. The number of ketones is 1. The molecule has 0 bridgehead atoms. The highest BCUT2D eigenvalue weighted by molar-refractivity contribution is 6.34.